The van der Waals surface area contributed by atoms with E-state index in [1.165, 1.54) is 29.3 Å². The first-order chi connectivity index (χ1) is 11.5. The van der Waals surface area contributed by atoms with Crippen LogP contribution in [0.5, 0.6) is 0 Å². The van der Waals surface area contributed by atoms with Gasteiger partial charge in [0.2, 0.25) is 5.95 Å². The van der Waals surface area contributed by atoms with Crippen LogP contribution in [0.25, 0.3) is 5.57 Å². The highest BCUT2D eigenvalue weighted by atomic mass is 19.1. The van der Waals surface area contributed by atoms with E-state index in [2.05, 4.69) is 4.98 Å². The quantitative estimate of drug-likeness (QED) is 0.849. The van der Waals surface area contributed by atoms with Crippen LogP contribution in [0.3, 0.4) is 0 Å². The highest BCUT2D eigenvalue weighted by Gasteiger charge is 2.21. The molecule has 0 unspecified atom stereocenters. The first-order valence-corrected chi connectivity index (χ1v) is 7.62. The van der Waals surface area contributed by atoms with E-state index in [1.807, 2.05) is 0 Å². The fourth-order valence-electron chi connectivity index (χ4n) is 2.93. The van der Waals surface area contributed by atoms with Crippen molar-refractivity contribution in [1.29, 1.82) is 0 Å². The van der Waals surface area contributed by atoms with Crippen molar-refractivity contribution in [3.05, 3.63) is 71.1 Å². The van der Waals surface area contributed by atoms with Gasteiger partial charge >= 0.3 is 6.09 Å². The SMILES string of the molecule is O=C(O)N1CCC(=C(c2ccc(F)cc2)c2ccc(F)nc2)CC1. The summed E-state index contributed by atoms with van der Waals surface area (Å²) in [7, 11) is 0. The Morgan fingerprint density at radius 3 is 2.17 bits per heavy atom. The maximum Gasteiger partial charge on any atom is 0.407 e. The number of aromatic nitrogens is 1. The number of rotatable bonds is 2. The van der Waals surface area contributed by atoms with Crippen molar-refractivity contribution in [1.82, 2.24) is 9.88 Å². The maximum absolute atomic E-state index is 13.2. The molecule has 3 rings (SSSR count). The third-order valence-corrected chi connectivity index (χ3v) is 4.14. The molecule has 0 radical (unpaired) electrons. The third-order valence-electron chi connectivity index (χ3n) is 4.14. The van der Waals surface area contributed by atoms with Gasteiger partial charge in [-0.1, -0.05) is 17.7 Å². The Morgan fingerprint density at radius 1 is 1.00 bits per heavy atom. The average molecular weight is 330 g/mol. The molecule has 0 spiro atoms. The third kappa shape index (κ3) is 3.42. The molecule has 1 aromatic heterocycles. The minimum absolute atomic E-state index is 0.332. The van der Waals surface area contributed by atoms with Crippen molar-refractivity contribution in [2.24, 2.45) is 0 Å². The molecular formula is C18H16F2N2O2. The fraction of sp³-hybridized carbons (Fsp3) is 0.222. The highest BCUT2D eigenvalue weighted by molar-refractivity contribution is 5.82. The molecule has 124 valence electrons. The van der Waals surface area contributed by atoms with E-state index in [-0.39, 0.29) is 5.82 Å². The van der Waals surface area contributed by atoms with Crippen LogP contribution < -0.4 is 0 Å². The first-order valence-electron chi connectivity index (χ1n) is 7.62. The number of halogens is 2. The maximum atomic E-state index is 13.2. The highest BCUT2D eigenvalue weighted by Crippen LogP contribution is 2.32. The lowest BCUT2D eigenvalue weighted by Gasteiger charge is -2.28. The number of likely N-dealkylation sites (tertiary alicyclic amines) is 1. The molecule has 4 nitrogen and oxygen atoms in total. The molecule has 1 fully saturated rings. The van der Waals surface area contributed by atoms with Gasteiger partial charge in [-0.05, 0) is 48.2 Å². The van der Waals surface area contributed by atoms with E-state index in [0.29, 0.717) is 25.9 Å². The number of piperidine rings is 1. The summed E-state index contributed by atoms with van der Waals surface area (Å²) < 4.78 is 26.4. The molecule has 0 bridgehead atoms. The molecule has 0 saturated carbocycles. The van der Waals surface area contributed by atoms with Crippen molar-refractivity contribution in [3.8, 4) is 0 Å². The number of pyridine rings is 1. The molecule has 24 heavy (non-hydrogen) atoms. The molecular weight excluding hydrogens is 314 g/mol. The van der Waals surface area contributed by atoms with Gasteiger partial charge in [-0.2, -0.15) is 4.39 Å². The van der Waals surface area contributed by atoms with E-state index >= 15 is 0 Å². The van der Waals surface area contributed by atoms with Gasteiger partial charge in [-0.15, -0.1) is 0 Å². The van der Waals surface area contributed by atoms with Crippen molar-refractivity contribution in [2.45, 2.75) is 12.8 Å². The second-order valence-electron chi connectivity index (χ2n) is 5.62. The monoisotopic (exact) mass is 330 g/mol. The number of hydrogen-bond donors (Lipinski definition) is 1. The number of amides is 1. The lowest BCUT2D eigenvalue weighted by molar-refractivity contribution is 0.142. The molecule has 1 amide bonds. The smallest absolute Gasteiger partial charge is 0.407 e. The van der Waals surface area contributed by atoms with E-state index < -0.39 is 12.0 Å². The Labute approximate surface area is 138 Å². The summed E-state index contributed by atoms with van der Waals surface area (Å²) in [5.41, 5.74) is 3.48. The number of hydrogen-bond acceptors (Lipinski definition) is 2. The van der Waals surface area contributed by atoms with Crippen LogP contribution in [0.1, 0.15) is 24.0 Å². The molecule has 1 aliphatic rings. The van der Waals surface area contributed by atoms with Gasteiger partial charge in [-0.25, -0.2) is 14.2 Å². The van der Waals surface area contributed by atoms with Gasteiger partial charge in [0.1, 0.15) is 5.82 Å². The summed E-state index contributed by atoms with van der Waals surface area (Å²) in [6.07, 6.45) is 1.68. The van der Waals surface area contributed by atoms with Gasteiger partial charge in [0.15, 0.2) is 0 Å². The molecule has 0 atom stereocenters. The van der Waals surface area contributed by atoms with Gasteiger partial charge < -0.3 is 10.0 Å². The van der Waals surface area contributed by atoms with Gasteiger partial charge in [-0.3, -0.25) is 0 Å². The fourth-order valence-corrected chi connectivity index (χ4v) is 2.93. The van der Waals surface area contributed by atoms with Crippen molar-refractivity contribution in [3.63, 3.8) is 0 Å². The average Bonchev–Trinajstić information content (AvgIpc) is 2.59. The summed E-state index contributed by atoms with van der Waals surface area (Å²) in [5, 5.41) is 9.07. The van der Waals surface area contributed by atoms with E-state index in [4.69, 9.17) is 5.11 Å². The summed E-state index contributed by atoms with van der Waals surface area (Å²) in [4.78, 5) is 16.1. The minimum Gasteiger partial charge on any atom is -0.465 e. The van der Waals surface area contributed by atoms with Crippen molar-refractivity contribution < 1.29 is 18.7 Å². The zero-order valence-electron chi connectivity index (χ0n) is 12.9. The number of nitrogens with zero attached hydrogens (tertiary/aromatic N) is 2. The number of carbonyl (C=O) groups is 1. The van der Waals surface area contributed by atoms with Crippen LogP contribution in [0, 0.1) is 11.8 Å². The first kappa shape index (κ1) is 16.1. The second-order valence-corrected chi connectivity index (χ2v) is 5.62. The Balaban J connectivity index is 2.02. The number of carboxylic acid groups (broad SMARTS) is 1. The summed E-state index contributed by atoms with van der Waals surface area (Å²) in [6, 6.07) is 9.01. The second kappa shape index (κ2) is 6.78. The standard InChI is InChI=1S/C18H16F2N2O2/c19-15-4-1-12(2-5-15)17(14-3-6-16(20)21-11-14)13-7-9-22(10-8-13)18(23)24/h1-6,11H,7-10H2,(H,23,24). The van der Waals surface area contributed by atoms with Crippen molar-refractivity contribution >= 4 is 11.7 Å². The largest absolute Gasteiger partial charge is 0.465 e. The topological polar surface area (TPSA) is 53.4 Å². The van der Waals surface area contributed by atoms with Crippen LogP contribution in [0.2, 0.25) is 0 Å². The molecule has 1 aliphatic heterocycles. The minimum atomic E-state index is -0.930. The van der Waals surface area contributed by atoms with Crippen LogP contribution in [-0.4, -0.2) is 34.2 Å². The molecule has 2 heterocycles. The van der Waals surface area contributed by atoms with Crippen LogP contribution >= 0.6 is 0 Å². The van der Waals surface area contributed by atoms with E-state index in [9.17, 15) is 13.6 Å². The zero-order chi connectivity index (χ0) is 17.1. The molecule has 1 aromatic carbocycles. The Hall–Kier alpha value is -2.76. The van der Waals surface area contributed by atoms with Crippen LogP contribution in [0.15, 0.2) is 48.2 Å². The lowest BCUT2D eigenvalue weighted by atomic mass is 9.89. The Bertz CT molecular complexity index is 713. The molecule has 0 aliphatic carbocycles. The predicted octanol–water partition coefficient (Wildman–Crippen LogP) is 3.94. The zero-order valence-corrected chi connectivity index (χ0v) is 12.9. The van der Waals surface area contributed by atoms with Gasteiger partial charge in [0.05, 0.1) is 0 Å². The Kier molecular flexibility index (Phi) is 4.55. The molecule has 1 saturated heterocycles. The molecule has 1 N–H and O–H groups in total. The van der Waals surface area contributed by atoms with Gasteiger partial charge in [0, 0.05) is 24.8 Å². The predicted molar refractivity (Wildman–Crippen MR) is 85.4 cm³/mol. The normalized spacial score (nSPS) is 14.6. The van der Waals surface area contributed by atoms with Crippen LogP contribution in [-0.2, 0) is 0 Å². The van der Waals surface area contributed by atoms with E-state index in [1.54, 1.807) is 18.2 Å². The molecule has 6 heteroatoms. The van der Waals surface area contributed by atoms with Crippen molar-refractivity contribution in [2.75, 3.05) is 13.1 Å². The number of benzene rings is 1. The Morgan fingerprint density at radius 2 is 1.62 bits per heavy atom. The summed E-state index contributed by atoms with van der Waals surface area (Å²) >= 11 is 0. The van der Waals surface area contributed by atoms with Gasteiger partial charge in [0.25, 0.3) is 0 Å². The van der Waals surface area contributed by atoms with Crippen LogP contribution in [0.4, 0.5) is 13.6 Å². The lowest BCUT2D eigenvalue weighted by Crippen LogP contribution is -2.35. The summed E-state index contributed by atoms with van der Waals surface area (Å²) in [5.74, 6) is -0.899. The molecule has 2 aromatic rings. The summed E-state index contributed by atoms with van der Waals surface area (Å²) in [6.45, 7) is 0.813. The van der Waals surface area contributed by atoms with E-state index in [0.717, 1.165) is 22.3 Å².